The molecule has 2 aromatic carbocycles. The Morgan fingerprint density at radius 2 is 1.89 bits per heavy atom. The number of amides is 1. The number of rotatable bonds is 6. The molecule has 0 spiro atoms. The Morgan fingerprint density at radius 1 is 1.11 bits per heavy atom. The number of hydrogen-bond donors (Lipinski definition) is 1. The second-order valence-corrected chi connectivity index (χ2v) is 6.57. The Labute approximate surface area is 169 Å². The highest BCUT2D eigenvalue weighted by atomic mass is 35.5. The molecule has 0 aliphatic rings. The fourth-order valence-electron chi connectivity index (χ4n) is 2.13. The Morgan fingerprint density at radius 3 is 2.70 bits per heavy atom. The largest absolute Gasteiger partial charge is 0.273 e. The van der Waals surface area contributed by atoms with Crippen LogP contribution in [-0.4, -0.2) is 32.3 Å². The predicted octanol–water partition coefficient (Wildman–Crippen LogP) is 3.84. The topological polar surface area (TPSA) is 85.1 Å². The van der Waals surface area contributed by atoms with Gasteiger partial charge in [-0.1, -0.05) is 59.1 Å². The molecule has 0 atom stereocenters. The fraction of sp³-hybridized carbons (Fsp3) is 0.118. The molecule has 10 heteroatoms. The fourth-order valence-corrected chi connectivity index (χ4v) is 2.70. The molecule has 7 nitrogen and oxygen atoms in total. The summed E-state index contributed by atoms with van der Waals surface area (Å²) in [5.41, 5.74) is 3.71. The van der Waals surface area contributed by atoms with E-state index in [0.717, 1.165) is 0 Å². The molecule has 0 bridgehead atoms. The zero-order valence-electron chi connectivity index (χ0n) is 13.8. The van der Waals surface area contributed by atoms with Gasteiger partial charge in [0, 0.05) is 22.6 Å². The number of hydrazone groups is 1. The summed E-state index contributed by atoms with van der Waals surface area (Å²) in [5.74, 6) is 0.0394. The second kappa shape index (κ2) is 8.94. The lowest BCUT2D eigenvalue weighted by Gasteiger charge is -2.01. The molecule has 3 rings (SSSR count). The molecule has 0 saturated heterocycles. The van der Waals surface area contributed by atoms with Crippen LogP contribution in [0.2, 0.25) is 15.1 Å². The van der Waals surface area contributed by atoms with Crippen LogP contribution in [0.4, 0.5) is 0 Å². The van der Waals surface area contributed by atoms with Crippen LogP contribution in [0, 0.1) is 0 Å². The van der Waals surface area contributed by atoms with Gasteiger partial charge in [-0.2, -0.15) is 9.90 Å². The SMILES string of the molecule is O=C(CCn1nnc(-c2cccc(Cl)c2Cl)n1)N/N=C/c1ccccc1Cl. The van der Waals surface area contributed by atoms with E-state index in [9.17, 15) is 4.79 Å². The number of hydrogen-bond acceptors (Lipinski definition) is 5. The summed E-state index contributed by atoms with van der Waals surface area (Å²) in [6.07, 6.45) is 1.60. The van der Waals surface area contributed by atoms with Crippen molar-refractivity contribution >= 4 is 46.9 Å². The quantitative estimate of drug-likeness (QED) is 0.482. The third-order valence-electron chi connectivity index (χ3n) is 3.48. The number of halogens is 3. The van der Waals surface area contributed by atoms with E-state index < -0.39 is 0 Å². The van der Waals surface area contributed by atoms with Crippen molar-refractivity contribution in [3.63, 3.8) is 0 Å². The smallest absolute Gasteiger partial charge is 0.241 e. The van der Waals surface area contributed by atoms with Crippen LogP contribution in [0.1, 0.15) is 12.0 Å². The van der Waals surface area contributed by atoms with E-state index in [1.807, 2.05) is 12.1 Å². The molecule has 0 aliphatic carbocycles. The van der Waals surface area contributed by atoms with Crippen molar-refractivity contribution in [3.05, 3.63) is 63.1 Å². The van der Waals surface area contributed by atoms with Crippen molar-refractivity contribution in [1.29, 1.82) is 0 Å². The maximum atomic E-state index is 11.9. The number of aryl methyl sites for hydroxylation is 1. The number of aromatic nitrogens is 4. The summed E-state index contributed by atoms with van der Waals surface area (Å²) in [7, 11) is 0. The minimum atomic E-state index is -0.294. The molecule has 0 radical (unpaired) electrons. The van der Waals surface area contributed by atoms with Crippen LogP contribution in [-0.2, 0) is 11.3 Å². The average Bonchev–Trinajstić information content (AvgIpc) is 3.13. The lowest BCUT2D eigenvalue weighted by molar-refractivity contribution is -0.121. The number of benzene rings is 2. The van der Waals surface area contributed by atoms with Crippen molar-refractivity contribution in [2.24, 2.45) is 5.10 Å². The molecule has 1 N–H and O–H groups in total. The normalized spacial score (nSPS) is 11.1. The third kappa shape index (κ3) is 5.03. The highest BCUT2D eigenvalue weighted by Gasteiger charge is 2.12. The molecule has 27 heavy (non-hydrogen) atoms. The highest BCUT2D eigenvalue weighted by Crippen LogP contribution is 2.31. The van der Waals surface area contributed by atoms with Gasteiger partial charge in [0.05, 0.1) is 22.8 Å². The van der Waals surface area contributed by atoms with Crippen molar-refractivity contribution in [1.82, 2.24) is 25.6 Å². The van der Waals surface area contributed by atoms with Crippen molar-refractivity contribution in [2.75, 3.05) is 0 Å². The van der Waals surface area contributed by atoms with Gasteiger partial charge >= 0.3 is 0 Å². The molecule has 1 amide bonds. The van der Waals surface area contributed by atoms with Gasteiger partial charge < -0.3 is 0 Å². The molecule has 3 aromatic rings. The molecule has 0 fully saturated rings. The second-order valence-electron chi connectivity index (χ2n) is 5.38. The molecule has 0 saturated carbocycles. The van der Waals surface area contributed by atoms with Gasteiger partial charge in [-0.3, -0.25) is 4.79 Å². The maximum Gasteiger partial charge on any atom is 0.241 e. The lowest BCUT2D eigenvalue weighted by Crippen LogP contribution is -2.20. The highest BCUT2D eigenvalue weighted by molar-refractivity contribution is 6.43. The van der Waals surface area contributed by atoms with Crippen LogP contribution in [0.25, 0.3) is 11.4 Å². The van der Waals surface area contributed by atoms with Gasteiger partial charge in [0.2, 0.25) is 11.7 Å². The van der Waals surface area contributed by atoms with E-state index in [-0.39, 0.29) is 18.9 Å². The van der Waals surface area contributed by atoms with Crippen LogP contribution in [0.3, 0.4) is 0 Å². The minimum Gasteiger partial charge on any atom is -0.273 e. The Bertz CT molecular complexity index is 988. The number of tetrazole rings is 1. The first-order valence-corrected chi connectivity index (χ1v) is 8.96. The van der Waals surface area contributed by atoms with E-state index in [1.165, 1.54) is 11.0 Å². The summed E-state index contributed by atoms with van der Waals surface area (Å²) in [5, 5.41) is 17.3. The Kier molecular flexibility index (Phi) is 6.39. The van der Waals surface area contributed by atoms with Crippen molar-refractivity contribution in [3.8, 4) is 11.4 Å². The number of nitrogens with zero attached hydrogens (tertiary/aromatic N) is 5. The molecule has 0 aliphatic heterocycles. The lowest BCUT2D eigenvalue weighted by atomic mass is 10.2. The summed E-state index contributed by atoms with van der Waals surface area (Å²) in [6.45, 7) is 0.235. The Hall–Kier alpha value is -2.48. The third-order valence-corrected chi connectivity index (χ3v) is 4.65. The van der Waals surface area contributed by atoms with E-state index in [0.29, 0.717) is 32.0 Å². The van der Waals surface area contributed by atoms with Crippen molar-refractivity contribution in [2.45, 2.75) is 13.0 Å². The van der Waals surface area contributed by atoms with Crippen molar-refractivity contribution < 1.29 is 4.79 Å². The van der Waals surface area contributed by atoms with E-state index in [4.69, 9.17) is 34.8 Å². The first-order valence-electron chi connectivity index (χ1n) is 7.83. The van der Waals surface area contributed by atoms with Crippen LogP contribution >= 0.6 is 34.8 Å². The number of carbonyl (C=O) groups is 1. The summed E-state index contributed by atoms with van der Waals surface area (Å²) in [4.78, 5) is 13.2. The number of nitrogens with one attached hydrogen (secondary N) is 1. The molecule has 1 aromatic heterocycles. The zero-order valence-corrected chi connectivity index (χ0v) is 16.1. The summed E-state index contributed by atoms with van der Waals surface area (Å²) < 4.78 is 0. The predicted molar refractivity (Wildman–Crippen MR) is 105 cm³/mol. The Balaban J connectivity index is 1.55. The van der Waals surface area contributed by atoms with Gasteiger partial charge in [-0.05, 0) is 23.4 Å². The molecular formula is C17H13Cl3N6O. The number of carbonyl (C=O) groups excluding carboxylic acids is 1. The average molecular weight is 424 g/mol. The standard InChI is InChI=1S/C17H13Cl3N6O/c18-13-6-2-1-4-11(13)10-21-22-15(27)8-9-26-24-17(23-25-26)12-5-3-7-14(19)16(12)20/h1-7,10H,8-9H2,(H,22,27)/b21-10+. The van der Waals surface area contributed by atoms with Crippen LogP contribution < -0.4 is 5.43 Å². The van der Waals surface area contributed by atoms with E-state index >= 15 is 0 Å². The van der Waals surface area contributed by atoms with Gasteiger partial charge in [0.15, 0.2) is 0 Å². The van der Waals surface area contributed by atoms with Crippen LogP contribution in [0.15, 0.2) is 47.6 Å². The molecule has 1 heterocycles. The minimum absolute atomic E-state index is 0.124. The van der Waals surface area contributed by atoms with Gasteiger partial charge in [-0.25, -0.2) is 5.43 Å². The molecule has 0 unspecified atom stereocenters. The van der Waals surface area contributed by atoms with Crippen LogP contribution in [0.5, 0.6) is 0 Å². The summed E-state index contributed by atoms with van der Waals surface area (Å²) >= 11 is 18.1. The van der Waals surface area contributed by atoms with Gasteiger partial charge in [-0.15, -0.1) is 10.2 Å². The maximum absolute atomic E-state index is 11.9. The van der Waals surface area contributed by atoms with E-state index in [2.05, 4.69) is 25.9 Å². The first kappa shape index (κ1) is 19.3. The monoisotopic (exact) mass is 422 g/mol. The zero-order chi connectivity index (χ0) is 19.2. The molecular weight excluding hydrogens is 411 g/mol. The summed E-state index contributed by atoms with van der Waals surface area (Å²) in [6, 6.07) is 12.3. The first-order chi connectivity index (χ1) is 13.0. The molecule has 138 valence electrons. The van der Waals surface area contributed by atoms with E-state index in [1.54, 1.807) is 30.3 Å². The van der Waals surface area contributed by atoms with Gasteiger partial charge in [0.1, 0.15) is 0 Å². The van der Waals surface area contributed by atoms with Gasteiger partial charge in [0.25, 0.3) is 0 Å².